The van der Waals surface area contributed by atoms with E-state index in [0.717, 1.165) is 5.56 Å². The van der Waals surface area contributed by atoms with Gasteiger partial charge in [0.2, 0.25) is 0 Å². The first-order chi connectivity index (χ1) is 12.1. The molecule has 124 valence electrons. The van der Waals surface area contributed by atoms with Crippen molar-refractivity contribution in [3.63, 3.8) is 0 Å². The van der Waals surface area contributed by atoms with Gasteiger partial charge < -0.3 is 5.11 Å². The Hall–Kier alpha value is -3.39. The molecular weight excluding hydrogens is 314 g/mol. The summed E-state index contributed by atoms with van der Waals surface area (Å²) < 4.78 is 1.47. The first-order valence-corrected chi connectivity index (χ1v) is 7.95. The maximum Gasteiger partial charge on any atom is 0.271 e. The molecule has 0 aliphatic heterocycles. The van der Waals surface area contributed by atoms with Crippen molar-refractivity contribution in [2.45, 2.75) is 19.9 Å². The lowest BCUT2D eigenvalue weighted by atomic mass is 10.1. The molecule has 1 heterocycles. The summed E-state index contributed by atoms with van der Waals surface area (Å²) in [5, 5.41) is 19.4. The summed E-state index contributed by atoms with van der Waals surface area (Å²) >= 11 is 0. The third-order valence-corrected chi connectivity index (χ3v) is 4.07. The molecule has 0 aliphatic carbocycles. The number of hydrogen-bond acceptors (Lipinski definition) is 4. The quantitative estimate of drug-likeness (QED) is 0.797. The number of aromatic hydroxyl groups is 1. The fourth-order valence-electron chi connectivity index (χ4n) is 2.75. The molecule has 0 unspecified atom stereocenters. The van der Waals surface area contributed by atoms with Gasteiger partial charge in [-0.05, 0) is 31.0 Å². The third kappa shape index (κ3) is 3.29. The van der Waals surface area contributed by atoms with Gasteiger partial charge >= 0.3 is 0 Å². The van der Waals surface area contributed by atoms with Gasteiger partial charge in [-0.15, -0.1) is 0 Å². The van der Waals surface area contributed by atoms with Gasteiger partial charge in [0.05, 0.1) is 11.3 Å². The maximum absolute atomic E-state index is 12.8. The second-order valence-electron chi connectivity index (χ2n) is 5.72. The lowest BCUT2D eigenvalue weighted by Gasteiger charge is -2.15. The molecule has 0 bridgehead atoms. The largest absolute Gasteiger partial charge is 0.507 e. The zero-order chi connectivity index (χ0) is 17.8. The molecule has 25 heavy (non-hydrogen) atoms. The molecule has 1 aromatic heterocycles. The predicted octanol–water partition coefficient (Wildman–Crippen LogP) is 3.04. The monoisotopic (exact) mass is 331 g/mol. The van der Waals surface area contributed by atoms with Crippen molar-refractivity contribution in [2.24, 2.45) is 0 Å². The molecule has 0 radical (unpaired) electrons. The normalized spacial score (nSPS) is 10.4. The molecule has 0 saturated heterocycles. The highest BCUT2D eigenvalue weighted by Crippen LogP contribution is 2.27. The minimum Gasteiger partial charge on any atom is -0.507 e. The van der Waals surface area contributed by atoms with Crippen molar-refractivity contribution in [1.82, 2.24) is 9.55 Å². The molecule has 2 aromatic carbocycles. The number of nitrogens with zero attached hydrogens (tertiary/aromatic N) is 3. The summed E-state index contributed by atoms with van der Waals surface area (Å²) in [4.78, 5) is 17.2. The van der Waals surface area contributed by atoms with E-state index in [-0.39, 0.29) is 16.9 Å². The van der Waals surface area contributed by atoms with E-state index in [1.807, 2.05) is 36.4 Å². The molecular formula is C20H17N3O2. The van der Waals surface area contributed by atoms with E-state index in [1.54, 1.807) is 31.2 Å². The fourth-order valence-corrected chi connectivity index (χ4v) is 2.75. The average Bonchev–Trinajstić information content (AvgIpc) is 2.62. The molecule has 0 amide bonds. The van der Waals surface area contributed by atoms with Crippen LogP contribution in [-0.4, -0.2) is 14.7 Å². The smallest absolute Gasteiger partial charge is 0.271 e. The van der Waals surface area contributed by atoms with Crippen LogP contribution >= 0.6 is 0 Å². The van der Waals surface area contributed by atoms with Crippen LogP contribution in [0.2, 0.25) is 0 Å². The van der Waals surface area contributed by atoms with Crippen molar-refractivity contribution < 1.29 is 5.11 Å². The van der Waals surface area contributed by atoms with E-state index in [9.17, 15) is 15.2 Å². The lowest BCUT2D eigenvalue weighted by molar-refractivity contribution is 0.476. The fraction of sp³-hybridized carbons (Fsp3) is 0.150. The van der Waals surface area contributed by atoms with Crippen LogP contribution in [0, 0.1) is 18.3 Å². The number of aryl methyl sites for hydroxylation is 2. The van der Waals surface area contributed by atoms with Crippen LogP contribution in [0.5, 0.6) is 5.75 Å². The zero-order valence-corrected chi connectivity index (χ0v) is 13.8. The molecule has 3 aromatic rings. The van der Waals surface area contributed by atoms with Gasteiger partial charge in [-0.25, -0.2) is 4.98 Å². The topological polar surface area (TPSA) is 78.9 Å². The summed E-state index contributed by atoms with van der Waals surface area (Å²) in [5.74, 6) is 0.419. The molecule has 3 rings (SSSR count). The second-order valence-corrected chi connectivity index (χ2v) is 5.72. The number of phenolic OH excluding ortho intramolecular Hbond substituents is 1. The van der Waals surface area contributed by atoms with Gasteiger partial charge in [0.1, 0.15) is 23.2 Å². The van der Waals surface area contributed by atoms with Crippen LogP contribution in [-0.2, 0) is 13.0 Å². The van der Waals surface area contributed by atoms with E-state index in [1.165, 1.54) is 4.57 Å². The van der Waals surface area contributed by atoms with Gasteiger partial charge in [-0.3, -0.25) is 9.36 Å². The number of para-hydroxylation sites is 1. The molecule has 0 aliphatic rings. The second kappa shape index (κ2) is 7.02. The zero-order valence-electron chi connectivity index (χ0n) is 13.8. The van der Waals surface area contributed by atoms with Gasteiger partial charge in [0, 0.05) is 6.54 Å². The average molecular weight is 331 g/mol. The predicted molar refractivity (Wildman–Crippen MR) is 95.2 cm³/mol. The highest BCUT2D eigenvalue weighted by Gasteiger charge is 2.17. The summed E-state index contributed by atoms with van der Waals surface area (Å²) in [7, 11) is 0. The number of phenols is 1. The highest BCUT2D eigenvalue weighted by atomic mass is 16.3. The van der Waals surface area contributed by atoms with E-state index >= 15 is 0 Å². The number of nitriles is 1. The highest BCUT2D eigenvalue weighted by molar-refractivity contribution is 5.64. The van der Waals surface area contributed by atoms with Crippen molar-refractivity contribution in [3.8, 4) is 23.2 Å². The van der Waals surface area contributed by atoms with Gasteiger partial charge in [0.15, 0.2) is 0 Å². The molecule has 1 N–H and O–H groups in total. The van der Waals surface area contributed by atoms with Crippen molar-refractivity contribution in [1.29, 1.82) is 5.26 Å². The molecule has 0 atom stereocenters. The molecule has 5 nitrogen and oxygen atoms in total. The Balaban J connectivity index is 2.13. The Morgan fingerprint density at radius 1 is 1.12 bits per heavy atom. The first kappa shape index (κ1) is 16.5. The van der Waals surface area contributed by atoms with Gasteiger partial charge in [-0.1, -0.05) is 42.5 Å². The van der Waals surface area contributed by atoms with E-state index < -0.39 is 0 Å². The lowest BCUT2D eigenvalue weighted by Crippen LogP contribution is -2.27. The summed E-state index contributed by atoms with van der Waals surface area (Å²) in [6.45, 7) is 2.00. The van der Waals surface area contributed by atoms with Crippen LogP contribution in [0.15, 0.2) is 59.4 Å². The van der Waals surface area contributed by atoms with Crippen LogP contribution in [0.3, 0.4) is 0 Å². The Bertz CT molecular complexity index is 1000. The van der Waals surface area contributed by atoms with Crippen LogP contribution < -0.4 is 5.56 Å². The van der Waals surface area contributed by atoms with Crippen molar-refractivity contribution in [2.75, 3.05) is 0 Å². The number of benzene rings is 2. The molecule has 0 saturated carbocycles. The SMILES string of the molecule is Cc1nc(-c2ccccc2O)n(CCc2ccccc2)c(=O)c1C#N. The Morgan fingerprint density at radius 3 is 2.48 bits per heavy atom. The summed E-state index contributed by atoms with van der Waals surface area (Å²) in [6.07, 6.45) is 0.622. The Morgan fingerprint density at radius 2 is 1.80 bits per heavy atom. The number of aromatic nitrogens is 2. The minimum absolute atomic E-state index is 0.0345. The van der Waals surface area contributed by atoms with Gasteiger partial charge in [-0.2, -0.15) is 5.26 Å². The Labute approximate surface area is 145 Å². The standard InChI is InChI=1S/C20H17N3O2/c1-14-17(13-21)20(25)23(12-11-15-7-3-2-4-8-15)19(22-14)16-9-5-6-10-18(16)24/h2-10,24H,11-12H2,1H3. The molecule has 5 heteroatoms. The van der Waals surface area contributed by atoms with Crippen LogP contribution in [0.25, 0.3) is 11.4 Å². The van der Waals surface area contributed by atoms with Gasteiger partial charge in [0.25, 0.3) is 5.56 Å². The van der Waals surface area contributed by atoms with E-state index in [0.29, 0.717) is 30.0 Å². The van der Waals surface area contributed by atoms with Crippen molar-refractivity contribution in [3.05, 3.63) is 81.8 Å². The molecule has 0 spiro atoms. The minimum atomic E-state index is -0.385. The number of rotatable bonds is 4. The first-order valence-electron chi connectivity index (χ1n) is 7.95. The number of hydrogen-bond donors (Lipinski definition) is 1. The van der Waals surface area contributed by atoms with Crippen molar-refractivity contribution >= 4 is 0 Å². The summed E-state index contributed by atoms with van der Waals surface area (Å²) in [6, 6.07) is 18.5. The maximum atomic E-state index is 12.8. The molecule has 0 fully saturated rings. The van der Waals surface area contributed by atoms with E-state index in [2.05, 4.69) is 4.98 Å². The summed E-state index contributed by atoms with van der Waals surface area (Å²) in [5.41, 5.74) is 1.56. The van der Waals surface area contributed by atoms with Crippen LogP contribution in [0.1, 0.15) is 16.8 Å². The van der Waals surface area contributed by atoms with Crippen LogP contribution in [0.4, 0.5) is 0 Å². The third-order valence-electron chi connectivity index (χ3n) is 4.07. The van der Waals surface area contributed by atoms with E-state index in [4.69, 9.17) is 0 Å². The Kier molecular flexibility index (Phi) is 4.62.